The van der Waals surface area contributed by atoms with Gasteiger partial charge in [0.25, 0.3) is 0 Å². The lowest BCUT2D eigenvalue weighted by Gasteiger charge is -1.98. The third-order valence-corrected chi connectivity index (χ3v) is 3.44. The summed E-state index contributed by atoms with van der Waals surface area (Å²) in [6, 6.07) is 0. The molecule has 3 aromatic heterocycles. The number of aryl methyl sites for hydroxylation is 1. The molecule has 17 heavy (non-hydrogen) atoms. The second-order valence-corrected chi connectivity index (χ2v) is 4.34. The maximum Gasteiger partial charge on any atom is 0.181 e. The average Bonchev–Trinajstić information content (AvgIpc) is 2.91. The maximum atomic E-state index is 4.44. The number of anilines is 1. The highest BCUT2D eigenvalue weighted by atomic mass is 32.1. The van der Waals surface area contributed by atoms with Crippen molar-refractivity contribution in [2.45, 2.75) is 6.92 Å². The molecule has 0 radical (unpaired) electrons. The van der Waals surface area contributed by atoms with Gasteiger partial charge in [0, 0.05) is 7.05 Å². The fraction of sp³-hybridized carbons (Fsp3) is 0.200. The zero-order valence-electron chi connectivity index (χ0n) is 9.35. The molecule has 7 heteroatoms. The summed E-state index contributed by atoms with van der Waals surface area (Å²) in [6.07, 6.45) is 3.21. The van der Waals surface area contributed by atoms with Gasteiger partial charge in [-0.1, -0.05) is 0 Å². The number of imidazole rings is 1. The first kappa shape index (κ1) is 10.2. The number of nitrogens with zero attached hydrogens (tertiary/aromatic N) is 4. The smallest absolute Gasteiger partial charge is 0.181 e. The minimum absolute atomic E-state index is 0.669. The molecule has 3 heterocycles. The van der Waals surface area contributed by atoms with Crippen LogP contribution in [0.5, 0.6) is 0 Å². The van der Waals surface area contributed by atoms with E-state index in [0.29, 0.717) is 5.65 Å². The molecule has 0 amide bonds. The summed E-state index contributed by atoms with van der Waals surface area (Å²) in [5, 5.41) is 4.11. The molecular weight excluding hydrogens is 236 g/mol. The van der Waals surface area contributed by atoms with Gasteiger partial charge in [0.1, 0.15) is 22.7 Å². The van der Waals surface area contributed by atoms with E-state index in [-0.39, 0.29) is 0 Å². The molecule has 0 aliphatic carbocycles. The van der Waals surface area contributed by atoms with Crippen LogP contribution >= 0.6 is 11.5 Å². The van der Waals surface area contributed by atoms with Crippen molar-refractivity contribution in [3.63, 3.8) is 0 Å². The quantitative estimate of drug-likeness (QED) is 0.721. The first-order valence-electron chi connectivity index (χ1n) is 5.09. The Morgan fingerprint density at radius 3 is 3.06 bits per heavy atom. The summed E-state index contributed by atoms with van der Waals surface area (Å²) >= 11 is 1.42. The van der Waals surface area contributed by atoms with E-state index < -0.39 is 0 Å². The van der Waals surface area contributed by atoms with Crippen molar-refractivity contribution in [1.29, 1.82) is 0 Å². The Bertz CT molecular complexity index is 637. The Balaban J connectivity index is 2.23. The molecule has 0 saturated heterocycles. The third-order valence-electron chi connectivity index (χ3n) is 2.49. The molecule has 0 unspecified atom stereocenters. The predicted octanol–water partition coefficient (Wildman–Crippen LogP) is 1.83. The summed E-state index contributed by atoms with van der Waals surface area (Å²) in [7, 11) is 1.87. The summed E-state index contributed by atoms with van der Waals surface area (Å²) in [6.45, 7) is 1.96. The molecule has 0 atom stereocenters. The van der Waals surface area contributed by atoms with Crippen LogP contribution in [-0.2, 0) is 0 Å². The second-order valence-electron chi connectivity index (χ2n) is 3.57. The largest absolute Gasteiger partial charge is 0.378 e. The van der Waals surface area contributed by atoms with E-state index in [0.717, 1.165) is 27.6 Å². The molecule has 3 rings (SSSR count). The normalized spacial score (nSPS) is 10.9. The van der Waals surface area contributed by atoms with Crippen LogP contribution in [0.4, 0.5) is 5.00 Å². The number of hydrogen-bond donors (Lipinski definition) is 2. The molecule has 0 bridgehead atoms. The Kier molecular flexibility index (Phi) is 2.25. The van der Waals surface area contributed by atoms with Gasteiger partial charge in [-0.05, 0) is 18.5 Å². The average molecular weight is 246 g/mol. The van der Waals surface area contributed by atoms with E-state index >= 15 is 0 Å². The molecule has 2 N–H and O–H groups in total. The molecule has 0 aliphatic heterocycles. The van der Waals surface area contributed by atoms with Crippen molar-refractivity contribution in [2.75, 3.05) is 12.4 Å². The van der Waals surface area contributed by atoms with Crippen LogP contribution in [-0.4, -0.2) is 31.4 Å². The highest BCUT2D eigenvalue weighted by molar-refractivity contribution is 7.10. The fourth-order valence-corrected chi connectivity index (χ4v) is 2.45. The summed E-state index contributed by atoms with van der Waals surface area (Å²) < 4.78 is 4.32. The van der Waals surface area contributed by atoms with E-state index in [4.69, 9.17) is 0 Å². The van der Waals surface area contributed by atoms with Gasteiger partial charge >= 0.3 is 0 Å². The molecule has 0 fully saturated rings. The van der Waals surface area contributed by atoms with E-state index in [1.54, 1.807) is 6.20 Å². The van der Waals surface area contributed by atoms with Crippen LogP contribution in [0.2, 0.25) is 0 Å². The molecule has 6 nitrogen and oxygen atoms in total. The minimum atomic E-state index is 0.669. The van der Waals surface area contributed by atoms with Crippen LogP contribution in [0.25, 0.3) is 22.6 Å². The SMILES string of the molecule is CNc1snc(C)c1-c1nc2ncncc2[nH]1. The summed E-state index contributed by atoms with van der Waals surface area (Å²) in [5.41, 5.74) is 3.44. The zero-order chi connectivity index (χ0) is 11.8. The van der Waals surface area contributed by atoms with Gasteiger partial charge in [-0.2, -0.15) is 4.37 Å². The van der Waals surface area contributed by atoms with Gasteiger partial charge in [-0.15, -0.1) is 0 Å². The highest BCUT2D eigenvalue weighted by Crippen LogP contribution is 2.33. The fourth-order valence-electron chi connectivity index (χ4n) is 1.70. The molecule has 0 aliphatic rings. The van der Waals surface area contributed by atoms with Crippen molar-refractivity contribution >= 4 is 27.7 Å². The van der Waals surface area contributed by atoms with E-state index in [1.807, 2.05) is 14.0 Å². The summed E-state index contributed by atoms with van der Waals surface area (Å²) in [5.74, 6) is 0.774. The second kappa shape index (κ2) is 3.77. The maximum absolute atomic E-state index is 4.44. The van der Waals surface area contributed by atoms with E-state index in [9.17, 15) is 0 Å². The predicted molar refractivity (Wildman–Crippen MR) is 67.1 cm³/mol. The van der Waals surface area contributed by atoms with Crippen LogP contribution < -0.4 is 5.32 Å². The van der Waals surface area contributed by atoms with Gasteiger partial charge in [-0.25, -0.2) is 15.0 Å². The molecule has 0 aromatic carbocycles. The molecule has 3 aromatic rings. The lowest BCUT2D eigenvalue weighted by Crippen LogP contribution is -1.89. The Hall–Kier alpha value is -2.02. The van der Waals surface area contributed by atoms with Crippen molar-refractivity contribution < 1.29 is 0 Å². The highest BCUT2D eigenvalue weighted by Gasteiger charge is 2.15. The number of nitrogens with one attached hydrogen (secondary N) is 2. The van der Waals surface area contributed by atoms with Gasteiger partial charge < -0.3 is 10.3 Å². The number of hydrogen-bond acceptors (Lipinski definition) is 6. The number of fused-ring (bicyclic) bond motifs is 1. The Labute approximate surface area is 101 Å². The summed E-state index contributed by atoms with van der Waals surface area (Å²) in [4.78, 5) is 15.7. The Morgan fingerprint density at radius 1 is 1.41 bits per heavy atom. The zero-order valence-corrected chi connectivity index (χ0v) is 10.2. The molecule has 0 spiro atoms. The van der Waals surface area contributed by atoms with Crippen molar-refractivity contribution in [3.8, 4) is 11.4 Å². The number of aromatic nitrogens is 5. The van der Waals surface area contributed by atoms with Crippen molar-refractivity contribution in [3.05, 3.63) is 18.2 Å². The first-order valence-corrected chi connectivity index (χ1v) is 5.87. The van der Waals surface area contributed by atoms with Crippen molar-refractivity contribution in [2.24, 2.45) is 0 Å². The van der Waals surface area contributed by atoms with Gasteiger partial charge in [0.15, 0.2) is 5.65 Å². The number of rotatable bonds is 2. The minimum Gasteiger partial charge on any atom is -0.378 e. The van der Waals surface area contributed by atoms with Crippen LogP contribution in [0, 0.1) is 6.92 Å². The van der Waals surface area contributed by atoms with Crippen LogP contribution in [0.15, 0.2) is 12.5 Å². The number of H-pyrrole nitrogens is 1. The van der Waals surface area contributed by atoms with Gasteiger partial charge in [0.2, 0.25) is 0 Å². The van der Waals surface area contributed by atoms with Gasteiger partial charge in [0.05, 0.1) is 17.5 Å². The standard InChI is InChI=1S/C10H10N6S/c1-5-7(10(11-2)17-16-5)9-14-6-3-12-4-13-8(6)15-9/h3-4,11H,1-2H3,(H,12,13,14,15). The Morgan fingerprint density at radius 2 is 2.29 bits per heavy atom. The van der Waals surface area contributed by atoms with E-state index in [2.05, 4.69) is 29.6 Å². The molecule has 0 saturated carbocycles. The van der Waals surface area contributed by atoms with Gasteiger partial charge in [-0.3, -0.25) is 0 Å². The molecule has 86 valence electrons. The topological polar surface area (TPSA) is 79.4 Å². The molecular formula is C10H10N6S. The monoisotopic (exact) mass is 246 g/mol. The number of aromatic amines is 1. The van der Waals surface area contributed by atoms with Crippen LogP contribution in [0.3, 0.4) is 0 Å². The van der Waals surface area contributed by atoms with E-state index in [1.165, 1.54) is 17.9 Å². The third kappa shape index (κ3) is 1.55. The van der Waals surface area contributed by atoms with Crippen molar-refractivity contribution in [1.82, 2.24) is 24.3 Å². The lowest BCUT2D eigenvalue weighted by atomic mass is 10.2. The first-order chi connectivity index (χ1) is 8.29. The van der Waals surface area contributed by atoms with Crippen LogP contribution in [0.1, 0.15) is 5.69 Å². The lowest BCUT2D eigenvalue weighted by molar-refractivity contribution is 1.20.